The maximum Gasteiger partial charge on any atom is 0.329 e. The van der Waals surface area contributed by atoms with Crippen molar-refractivity contribution in [2.24, 2.45) is 0 Å². The minimum atomic E-state index is -0.974. The Morgan fingerprint density at radius 3 is 2.44 bits per heavy atom. The average molecular weight is 254 g/mol. The van der Waals surface area contributed by atoms with Gasteiger partial charge < -0.3 is 14.9 Å². The number of hydrogen-bond donors (Lipinski definition) is 1. The molecule has 2 aliphatic rings. The number of carboxylic acid groups (broad SMARTS) is 1. The van der Waals surface area contributed by atoms with Gasteiger partial charge in [0.2, 0.25) is 5.91 Å². The van der Waals surface area contributed by atoms with Gasteiger partial charge in [0.25, 0.3) is 0 Å². The monoisotopic (exact) mass is 254 g/mol. The highest BCUT2D eigenvalue weighted by Crippen LogP contribution is 2.38. The number of carboxylic acids is 1. The first-order valence-electron chi connectivity index (χ1n) is 6.69. The molecule has 1 aliphatic carbocycles. The molecular formula is C13H22N2O3. The van der Waals surface area contributed by atoms with E-state index < -0.39 is 11.5 Å². The Balaban J connectivity index is 2.29. The molecule has 0 aromatic carbocycles. The van der Waals surface area contributed by atoms with E-state index in [1.165, 1.54) is 6.92 Å². The first kappa shape index (κ1) is 13.3. The lowest BCUT2D eigenvalue weighted by molar-refractivity contribution is -0.160. The predicted molar refractivity (Wildman–Crippen MR) is 67.3 cm³/mol. The van der Waals surface area contributed by atoms with Gasteiger partial charge in [-0.25, -0.2) is 4.79 Å². The molecule has 102 valence electrons. The number of carbonyl (C=O) groups excluding carboxylic acids is 1. The summed E-state index contributed by atoms with van der Waals surface area (Å²) in [4.78, 5) is 27.5. The molecule has 1 saturated carbocycles. The van der Waals surface area contributed by atoms with Crippen molar-refractivity contribution in [2.75, 3.05) is 20.1 Å². The van der Waals surface area contributed by atoms with Crippen molar-refractivity contribution in [1.29, 1.82) is 0 Å². The standard InChI is InChI=1S/C13H22N2O3/c1-10(16)15(11-4-5-11)13(12(17)18)6-3-8-14(2)9-7-13/h11H,3-9H2,1-2H3,(H,17,18). The highest BCUT2D eigenvalue weighted by Gasteiger charge is 2.51. The van der Waals surface area contributed by atoms with Crippen LogP contribution >= 0.6 is 0 Å². The van der Waals surface area contributed by atoms with Crippen molar-refractivity contribution in [3.05, 3.63) is 0 Å². The van der Waals surface area contributed by atoms with Gasteiger partial charge >= 0.3 is 5.97 Å². The van der Waals surface area contributed by atoms with E-state index in [0.717, 1.165) is 32.4 Å². The smallest absolute Gasteiger partial charge is 0.329 e. The van der Waals surface area contributed by atoms with Crippen LogP contribution in [0.15, 0.2) is 0 Å². The third kappa shape index (κ3) is 2.36. The lowest BCUT2D eigenvalue weighted by atomic mass is 9.88. The lowest BCUT2D eigenvalue weighted by Crippen LogP contribution is -2.58. The van der Waals surface area contributed by atoms with Crippen LogP contribution < -0.4 is 0 Å². The molecule has 1 amide bonds. The predicted octanol–water partition coefficient (Wildman–Crippen LogP) is 0.936. The van der Waals surface area contributed by atoms with Gasteiger partial charge in [0, 0.05) is 19.5 Å². The molecule has 1 atom stereocenters. The van der Waals surface area contributed by atoms with Crippen LogP contribution in [0.4, 0.5) is 0 Å². The fourth-order valence-electron chi connectivity index (χ4n) is 3.05. The number of hydrogen-bond acceptors (Lipinski definition) is 3. The van der Waals surface area contributed by atoms with Gasteiger partial charge in [0.15, 0.2) is 0 Å². The molecule has 1 heterocycles. The number of rotatable bonds is 3. The van der Waals surface area contributed by atoms with Crippen molar-refractivity contribution in [1.82, 2.24) is 9.80 Å². The first-order valence-corrected chi connectivity index (χ1v) is 6.69. The molecule has 2 fully saturated rings. The Labute approximate surface area is 108 Å². The zero-order chi connectivity index (χ0) is 13.3. The Morgan fingerprint density at radius 1 is 1.28 bits per heavy atom. The SMILES string of the molecule is CC(=O)N(C1CC1)C1(C(=O)O)CCCN(C)CC1. The van der Waals surface area contributed by atoms with E-state index in [4.69, 9.17) is 0 Å². The molecule has 0 spiro atoms. The van der Waals surface area contributed by atoms with E-state index in [1.54, 1.807) is 4.90 Å². The van der Waals surface area contributed by atoms with Crippen LogP contribution in [-0.2, 0) is 9.59 Å². The second-order valence-electron chi connectivity index (χ2n) is 5.61. The summed E-state index contributed by atoms with van der Waals surface area (Å²) in [5.74, 6) is -0.927. The summed E-state index contributed by atoms with van der Waals surface area (Å²) in [6.45, 7) is 3.14. The number of likely N-dealkylation sites (tertiary alicyclic amines) is 1. The van der Waals surface area contributed by atoms with E-state index in [2.05, 4.69) is 4.90 Å². The van der Waals surface area contributed by atoms with Gasteiger partial charge in [0.1, 0.15) is 5.54 Å². The molecule has 1 unspecified atom stereocenters. The van der Waals surface area contributed by atoms with Gasteiger partial charge in [-0.2, -0.15) is 0 Å². The van der Waals surface area contributed by atoms with Gasteiger partial charge in [-0.1, -0.05) is 0 Å². The number of amides is 1. The summed E-state index contributed by atoms with van der Waals surface area (Å²) in [6.07, 6.45) is 3.84. The summed E-state index contributed by atoms with van der Waals surface area (Å²) in [7, 11) is 2.01. The van der Waals surface area contributed by atoms with Gasteiger partial charge in [0.05, 0.1) is 0 Å². The number of nitrogens with zero attached hydrogens (tertiary/aromatic N) is 2. The first-order chi connectivity index (χ1) is 8.47. The third-order valence-corrected chi connectivity index (χ3v) is 4.15. The van der Waals surface area contributed by atoms with Crippen LogP contribution in [0.1, 0.15) is 39.0 Å². The van der Waals surface area contributed by atoms with Crippen molar-refractivity contribution >= 4 is 11.9 Å². The van der Waals surface area contributed by atoms with E-state index in [1.807, 2.05) is 7.05 Å². The third-order valence-electron chi connectivity index (χ3n) is 4.15. The molecule has 1 N–H and O–H groups in total. The second-order valence-corrected chi connectivity index (χ2v) is 5.61. The van der Waals surface area contributed by atoms with Crippen molar-refractivity contribution in [3.63, 3.8) is 0 Å². The van der Waals surface area contributed by atoms with Crippen molar-refractivity contribution < 1.29 is 14.7 Å². The summed E-state index contributed by atoms with van der Waals surface area (Å²) in [6, 6.07) is 0.155. The van der Waals surface area contributed by atoms with Crippen molar-refractivity contribution in [2.45, 2.75) is 50.6 Å². The quantitative estimate of drug-likeness (QED) is 0.814. The zero-order valence-corrected chi connectivity index (χ0v) is 11.2. The van der Waals surface area contributed by atoms with Crippen LogP contribution in [0.3, 0.4) is 0 Å². The lowest BCUT2D eigenvalue weighted by Gasteiger charge is -2.40. The molecule has 5 heteroatoms. The average Bonchev–Trinajstić information content (AvgIpc) is 3.08. The Bertz CT molecular complexity index is 354. The molecule has 0 aromatic heterocycles. The summed E-state index contributed by atoms with van der Waals surface area (Å²) in [5.41, 5.74) is -0.974. The van der Waals surface area contributed by atoms with Gasteiger partial charge in [-0.05, 0) is 45.7 Å². The maximum atomic E-state index is 11.9. The largest absolute Gasteiger partial charge is 0.479 e. The minimum Gasteiger partial charge on any atom is -0.479 e. The minimum absolute atomic E-state index is 0.0931. The Kier molecular flexibility index (Phi) is 3.61. The number of carbonyl (C=O) groups is 2. The normalized spacial score (nSPS) is 29.7. The molecule has 0 bridgehead atoms. The van der Waals surface area contributed by atoms with Crippen LogP contribution in [0.5, 0.6) is 0 Å². The second kappa shape index (κ2) is 4.88. The highest BCUT2D eigenvalue weighted by molar-refractivity contribution is 5.86. The molecule has 0 aromatic rings. The van der Waals surface area contributed by atoms with Crippen LogP contribution in [0.2, 0.25) is 0 Å². The van der Waals surface area contributed by atoms with Crippen molar-refractivity contribution in [3.8, 4) is 0 Å². The zero-order valence-electron chi connectivity index (χ0n) is 11.2. The summed E-state index contributed by atoms with van der Waals surface area (Å²) >= 11 is 0. The van der Waals surface area contributed by atoms with Crippen LogP contribution in [0, 0.1) is 0 Å². The molecule has 1 aliphatic heterocycles. The van der Waals surface area contributed by atoms with Gasteiger partial charge in [-0.3, -0.25) is 4.79 Å². The fraction of sp³-hybridized carbons (Fsp3) is 0.846. The number of aliphatic carboxylic acids is 1. The van der Waals surface area contributed by atoms with Gasteiger partial charge in [-0.15, -0.1) is 0 Å². The van der Waals surface area contributed by atoms with E-state index >= 15 is 0 Å². The molecule has 5 nitrogen and oxygen atoms in total. The highest BCUT2D eigenvalue weighted by atomic mass is 16.4. The Hall–Kier alpha value is -1.10. The molecule has 1 saturated heterocycles. The topological polar surface area (TPSA) is 60.9 Å². The molecule has 18 heavy (non-hydrogen) atoms. The van der Waals surface area contributed by atoms with E-state index in [-0.39, 0.29) is 11.9 Å². The van der Waals surface area contributed by atoms with E-state index in [0.29, 0.717) is 12.8 Å². The Morgan fingerprint density at radius 2 is 1.94 bits per heavy atom. The van der Waals surface area contributed by atoms with E-state index in [9.17, 15) is 14.7 Å². The molecule has 2 rings (SSSR count). The summed E-state index contributed by atoms with van der Waals surface area (Å²) in [5, 5.41) is 9.68. The fourth-order valence-corrected chi connectivity index (χ4v) is 3.05. The van der Waals surface area contributed by atoms with Crippen LogP contribution in [-0.4, -0.2) is 58.5 Å². The molecular weight excluding hydrogens is 232 g/mol. The molecule has 0 radical (unpaired) electrons. The van der Waals surface area contributed by atoms with Crippen LogP contribution in [0.25, 0.3) is 0 Å². The maximum absolute atomic E-state index is 11.9. The summed E-state index contributed by atoms with van der Waals surface area (Å²) < 4.78 is 0.